The van der Waals surface area contributed by atoms with Crippen LogP contribution in [0.5, 0.6) is 11.5 Å². The molecule has 1 heterocycles. The van der Waals surface area contributed by atoms with Gasteiger partial charge in [-0.15, -0.1) is 0 Å². The van der Waals surface area contributed by atoms with Gasteiger partial charge in [-0.3, -0.25) is 4.79 Å². The molecule has 1 saturated heterocycles. The average Bonchev–Trinajstić information content (AvgIpc) is 2.73. The Morgan fingerprint density at radius 3 is 2.33 bits per heavy atom. The number of anilines is 1. The van der Waals surface area contributed by atoms with Crippen LogP contribution in [0.2, 0.25) is 0 Å². The Kier molecular flexibility index (Phi) is 6.22. The van der Waals surface area contributed by atoms with Gasteiger partial charge in [0.25, 0.3) is 5.91 Å². The SMILES string of the molecule is COc1ccc(OC)c(C(=O)N(C)Cc2ccc(N3CCCCC3)cc2)c1. The molecule has 144 valence electrons. The quantitative estimate of drug-likeness (QED) is 0.774. The van der Waals surface area contributed by atoms with Crippen LogP contribution in [0.15, 0.2) is 42.5 Å². The number of nitrogens with zero attached hydrogens (tertiary/aromatic N) is 2. The minimum atomic E-state index is -0.0918. The van der Waals surface area contributed by atoms with Crippen molar-refractivity contribution < 1.29 is 14.3 Å². The molecule has 0 spiro atoms. The van der Waals surface area contributed by atoms with Gasteiger partial charge in [0, 0.05) is 32.4 Å². The van der Waals surface area contributed by atoms with E-state index >= 15 is 0 Å². The number of hydrogen-bond donors (Lipinski definition) is 0. The first-order valence-corrected chi connectivity index (χ1v) is 9.43. The largest absolute Gasteiger partial charge is 0.497 e. The molecule has 5 nitrogen and oxygen atoms in total. The van der Waals surface area contributed by atoms with Crippen LogP contribution in [0.1, 0.15) is 35.2 Å². The number of piperidine rings is 1. The number of ether oxygens (including phenoxy) is 2. The fourth-order valence-electron chi connectivity index (χ4n) is 3.50. The van der Waals surface area contributed by atoms with Crippen LogP contribution in [-0.4, -0.2) is 45.2 Å². The first-order valence-electron chi connectivity index (χ1n) is 9.43. The van der Waals surface area contributed by atoms with Crippen molar-refractivity contribution in [1.82, 2.24) is 4.90 Å². The van der Waals surface area contributed by atoms with Crippen molar-refractivity contribution in [3.05, 3.63) is 53.6 Å². The van der Waals surface area contributed by atoms with E-state index in [-0.39, 0.29) is 5.91 Å². The van der Waals surface area contributed by atoms with Crippen molar-refractivity contribution >= 4 is 11.6 Å². The maximum absolute atomic E-state index is 12.9. The van der Waals surface area contributed by atoms with Gasteiger partial charge in [-0.1, -0.05) is 12.1 Å². The molecule has 0 aromatic heterocycles. The fraction of sp³-hybridized carbons (Fsp3) is 0.409. The van der Waals surface area contributed by atoms with Gasteiger partial charge in [0.2, 0.25) is 0 Å². The molecule has 2 aromatic carbocycles. The van der Waals surface area contributed by atoms with E-state index in [4.69, 9.17) is 9.47 Å². The molecule has 0 atom stereocenters. The van der Waals surface area contributed by atoms with E-state index in [1.165, 1.54) is 24.9 Å². The van der Waals surface area contributed by atoms with E-state index in [9.17, 15) is 4.79 Å². The third kappa shape index (κ3) is 4.54. The lowest BCUT2D eigenvalue weighted by molar-refractivity contribution is 0.0781. The molecule has 0 radical (unpaired) electrons. The van der Waals surface area contributed by atoms with E-state index in [2.05, 4.69) is 29.2 Å². The summed E-state index contributed by atoms with van der Waals surface area (Å²) in [5, 5.41) is 0. The van der Waals surface area contributed by atoms with Crippen molar-refractivity contribution in [2.24, 2.45) is 0 Å². The summed E-state index contributed by atoms with van der Waals surface area (Å²) < 4.78 is 10.6. The first-order chi connectivity index (χ1) is 13.1. The van der Waals surface area contributed by atoms with Gasteiger partial charge < -0.3 is 19.3 Å². The molecule has 0 aliphatic carbocycles. The Labute approximate surface area is 161 Å². The van der Waals surface area contributed by atoms with Crippen molar-refractivity contribution in [2.45, 2.75) is 25.8 Å². The number of carbonyl (C=O) groups is 1. The Morgan fingerprint density at radius 2 is 1.70 bits per heavy atom. The minimum absolute atomic E-state index is 0.0918. The van der Waals surface area contributed by atoms with E-state index in [0.717, 1.165) is 18.7 Å². The van der Waals surface area contributed by atoms with E-state index < -0.39 is 0 Å². The topological polar surface area (TPSA) is 42.0 Å². The zero-order valence-corrected chi connectivity index (χ0v) is 16.4. The van der Waals surface area contributed by atoms with Gasteiger partial charge in [-0.2, -0.15) is 0 Å². The Bertz CT molecular complexity index is 768. The summed E-state index contributed by atoms with van der Waals surface area (Å²) in [4.78, 5) is 17.0. The number of methoxy groups -OCH3 is 2. The molecule has 0 unspecified atom stereocenters. The molecule has 27 heavy (non-hydrogen) atoms. The summed E-state index contributed by atoms with van der Waals surface area (Å²) >= 11 is 0. The molecule has 0 N–H and O–H groups in total. The second-order valence-corrected chi connectivity index (χ2v) is 6.94. The Hall–Kier alpha value is -2.69. The van der Waals surface area contributed by atoms with Crippen LogP contribution in [0.3, 0.4) is 0 Å². The summed E-state index contributed by atoms with van der Waals surface area (Å²) in [7, 11) is 4.96. The second-order valence-electron chi connectivity index (χ2n) is 6.94. The van der Waals surface area contributed by atoms with Crippen LogP contribution >= 0.6 is 0 Å². The predicted octanol–water partition coefficient (Wildman–Crippen LogP) is 3.97. The lowest BCUT2D eigenvalue weighted by Gasteiger charge is -2.29. The van der Waals surface area contributed by atoms with Crippen molar-refractivity contribution in [3.63, 3.8) is 0 Å². The fourth-order valence-corrected chi connectivity index (χ4v) is 3.50. The van der Waals surface area contributed by atoms with Crippen LogP contribution in [0, 0.1) is 0 Å². The van der Waals surface area contributed by atoms with E-state index in [0.29, 0.717) is 23.6 Å². The Morgan fingerprint density at radius 1 is 1.00 bits per heavy atom. The van der Waals surface area contributed by atoms with Crippen LogP contribution in [-0.2, 0) is 6.54 Å². The number of hydrogen-bond acceptors (Lipinski definition) is 4. The average molecular weight is 368 g/mol. The molecule has 5 heteroatoms. The molecular weight excluding hydrogens is 340 g/mol. The molecule has 1 amide bonds. The van der Waals surface area contributed by atoms with Gasteiger partial charge in [0.1, 0.15) is 11.5 Å². The van der Waals surface area contributed by atoms with Crippen LogP contribution < -0.4 is 14.4 Å². The zero-order valence-electron chi connectivity index (χ0n) is 16.4. The second kappa shape index (κ2) is 8.80. The maximum Gasteiger partial charge on any atom is 0.257 e. The van der Waals surface area contributed by atoms with Crippen LogP contribution in [0.25, 0.3) is 0 Å². The molecule has 1 aliphatic heterocycles. The smallest absolute Gasteiger partial charge is 0.257 e. The third-order valence-corrected chi connectivity index (χ3v) is 5.06. The predicted molar refractivity (Wildman–Crippen MR) is 108 cm³/mol. The highest BCUT2D eigenvalue weighted by Crippen LogP contribution is 2.26. The number of benzene rings is 2. The summed E-state index contributed by atoms with van der Waals surface area (Å²) in [6.07, 6.45) is 3.86. The maximum atomic E-state index is 12.9. The van der Waals surface area contributed by atoms with Crippen LogP contribution in [0.4, 0.5) is 5.69 Å². The summed E-state index contributed by atoms with van der Waals surface area (Å²) in [6, 6.07) is 13.8. The van der Waals surface area contributed by atoms with Gasteiger partial charge in [-0.05, 0) is 55.2 Å². The molecule has 2 aromatic rings. The number of rotatable bonds is 6. The highest BCUT2D eigenvalue weighted by molar-refractivity contribution is 5.97. The normalized spacial score (nSPS) is 14.0. The van der Waals surface area contributed by atoms with Crippen molar-refractivity contribution in [3.8, 4) is 11.5 Å². The summed E-state index contributed by atoms with van der Waals surface area (Å²) in [5.41, 5.74) is 2.87. The van der Waals surface area contributed by atoms with Crippen molar-refractivity contribution in [2.75, 3.05) is 39.3 Å². The van der Waals surface area contributed by atoms with Gasteiger partial charge in [0.05, 0.1) is 19.8 Å². The summed E-state index contributed by atoms with van der Waals surface area (Å²) in [5.74, 6) is 1.09. The molecule has 1 aliphatic rings. The van der Waals surface area contributed by atoms with Crippen molar-refractivity contribution in [1.29, 1.82) is 0 Å². The molecule has 3 rings (SSSR count). The third-order valence-electron chi connectivity index (χ3n) is 5.06. The number of carbonyl (C=O) groups excluding carboxylic acids is 1. The zero-order chi connectivity index (χ0) is 19.2. The molecule has 0 bridgehead atoms. The van der Waals surface area contributed by atoms with E-state index in [1.807, 2.05) is 0 Å². The lowest BCUT2D eigenvalue weighted by Crippen LogP contribution is -2.29. The summed E-state index contributed by atoms with van der Waals surface area (Å²) in [6.45, 7) is 2.81. The number of amides is 1. The molecular formula is C22H28N2O3. The minimum Gasteiger partial charge on any atom is -0.497 e. The standard InChI is InChI=1S/C22H28N2O3/c1-23(22(25)20-15-19(26-2)11-12-21(20)27-3)16-17-7-9-18(10-8-17)24-13-5-4-6-14-24/h7-12,15H,4-6,13-14,16H2,1-3H3. The Balaban J connectivity index is 1.69. The monoisotopic (exact) mass is 368 g/mol. The van der Waals surface area contributed by atoms with E-state index in [1.54, 1.807) is 44.4 Å². The lowest BCUT2D eigenvalue weighted by atomic mass is 10.1. The molecule has 0 saturated carbocycles. The van der Waals surface area contributed by atoms with Gasteiger partial charge in [0.15, 0.2) is 0 Å². The highest BCUT2D eigenvalue weighted by atomic mass is 16.5. The molecule has 1 fully saturated rings. The van der Waals surface area contributed by atoms with Gasteiger partial charge >= 0.3 is 0 Å². The van der Waals surface area contributed by atoms with Gasteiger partial charge in [-0.25, -0.2) is 0 Å². The first kappa shape index (κ1) is 19.1. The highest BCUT2D eigenvalue weighted by Gasteiger charge is 2.18.